The quantitative estimate of drug-likeness (QED) is 0.463. The number of rotatable bonds is 0. The van der Waals surface area contributed by atoms with Gasteiger partial charge in [0.25, 0.3) is 0 Å². The summed E-state index contributed by atoms with van der Waals surface area (Å²) in [5, 5.41) is 0. The van der Waals surface area contributed by atoms with E-state index in [2.05, 4.69) is 39.9 Å². The Labute approximate surface area is 109 Å². The highest BCUT2D eigenvalue weighted by molar-refractivity contribution is 5.68. The fourth-order valence-electron chi connectivity index (χ4n) is 1.43. The summed E-state index contributed by atoms with van der Waals surface area (Å²) in [4.78, 5) is 26.4. The second kappa shape index (κ2) is 4.91. The highest BCUT2D eigenvalue weighted by Crippen LogP contribution is 2.02. The van der Waals surface area contributed by atoms with E-state index in [0.29, 0.717) is 22.3 Å². The van der Waals surface area contributed by atoms with Gasteiger partial charge in [-0.1, -0.05) is 0 Å². The molecule has 0 aliphatic heterocycles. The van der Waals surface area contributed by atoms with Crippen LogP contribution >= 0.6 is 0 Å². The molecule has 4 rings (SSSR count). The fourth-order valence-corrected chi connectivity index (χ4v) is 1.43. The first-order valence-electron chi connectivity index (χ1n) is 5.35. The number of H-pyrrole nitrogens is 2. The summed E-state index contributed by atoms with van der Waals surface area (Å²) in [6, 6.07) is 0. The van der Waals surface area contributed by atoms with Gasteiger partial charge in [0.1, 0.15) is 11.0 Å². The Morgan fingerprint density at radius 2 is 1.15 bits per heavy atom. The fraction of sp³-hybridized carbons (Fsp3) is 0. The van der Waals surface area contributed by atoms with Crippen molar-refractivity contribution in [1.29, 1.82) is 0 Å². The summed E-state index contributed by atoms with van der Waals surface area (Å²) in [6.07, 6.45) is 4.09. The van der Waals surface area contributed by atoms with Crippen LogP contribution in [-0.4, -0.2) is 39.9 Å². The minimum atomic E-state index is -0.750. The average molecular weight is 276 g/mol. The Morgan fingerprint density at radius 1 is 0.700 bits per heavy atom. The number of nitrogens with zero attached hydrogens (tertiary/aromatic N) is 6. The molecule has 10 heteroatoms. The van der Waals surface area contributed by atoms with Crippen molar-refractivity contribution in [2.75, 3.05) is 0 Å². The Kier molecular flexibility index (Phi) is 2.95. The van der Waals surface area contributed by atoms with Crippen molar-refractivity contribution in [3.63, 3.8) is 0 Å². The summed E-state index contributed by atoms with van der Waals surface area (Å²) < 4.78 is 24.5. The molecule has 100 valence electrons. The van der Waals surface area contributed by atoms with E-state index in [0.717, 1.165) is 0 Å². The van der Waals surface area contributed by atoms with Crippen LogP contribution in [0.2, 0.25) is 0 Å². The summed E-state index contributed by atoms with van der Waals surface area (Å²) >= 11 is 0. The largest absolute Gasteiger partial charge is 0.342 e. The molecule has 4 aromatic rings. The van der Waals surface area contributed by atoms with Gasteiger partial charge in [0, 0.05) is 0 Å². The Hall–Kier alpha value is -3.04. The molecule has 0 aliphatic rings. The molecule has 0 unspecified atom stereocenters. The molecule has 20 heavy (non-hydrogen) atoms. The standard InChI is InChI=1S/2C5H3FN4/c2*6-5-7-1-3-4(10-5)9-2-8-3/h2*1-2H,(H,7,8,9,10). The lowest BCUT2D eigenvalue weighted by molar-refractivity contribution is 0.543. The number of nitrogens with one attached hydrogen (secondary N) is 2. The normalized spacial score (nSPS) is 10.5. The SMILES string of the molecule is Fc1ncc2[nH]cnc2n1.Fc1ncc2[nH]cnc2n1. The Balaban J connectivity index is 0.000000121. The van der Waals surface area contributed by atoms with Gasteiger partial charge in [-0.25, -0.2) is 19.9 Å². The Morgan fingerprint density at radius 3 is 1.60 bits per heavy atom. The number of imidazole rings is 2. The minimum absolute atomic E-state index is 0.354. The Bertz CT molecular complexity index is 782. The van der Waals surface area contributed by atoms with Gasteiger partial charge in [0.2, 0.25) is 0 Å². The van der Waals surface area contributed by atoms with E-state index in [9.17, 15) is 8.78 Å². The molecule has 0 atom stereocenters. The number of hydrogen-bond donors (Lipinski definition) is 2. The molecule has 0 spiro atoms. The van der Waals surface area contributed by atoms with Crippen LogP contribution in [-0.2, 0) is 0 Å². The molecule has 2 N–H and O–H groups in total. The zero-order valence-electron chi connectivity index (χ0n) is 9.75. The highest BCUT2D eigenvalue weighted by Gasteiger charge is 1.98. The zero-order chi connectivity index (χ0) is 13.9. The van der Waals surface area contributed by atoms with Gasteiger partial charge in [-0.2, -0.15) is 18.7 Å². The van der Waals surface area contributed by atoms with Crippen molar-refractivity contribution in [1.82, 2.24) is 39.9 Å². The third kappa shape index (κ3) is 2.39. The minimum Gasteiger partial charge on any atom is -0.342 e. The molecule has 0 aliphatic carbocycles. The predicted octanol–water partition coefficient (Wildman–Crippen LogP) is 0.984. The smallest absolute Gasteiger partial charge is 0.310 e. The van der Waals surface area contributed by atoms with Crippen LogP contribution in [0, 0.1) is 12.2 Å². The van der Waals surface area contributed by atoms with Gasteiger partial charge < -0.3 is 9.97 Å². The van der Waals surface area contributed by atoms with Crippen molar-refractivity contribution in [3.8, 4) is 0 Å². The van der Waals surface area contributed by atoms with E-state index in [1.165, 1.54) is 25.0 Å². The van der Waals surface area contributed by atoms with Crippen LogP contribution in [0.25, 0.3) is 22.3 Å². The second-order valence-electron chi connectivity index (χ2n) is 3.56. The third-order valence-corrected chi connectivity index (χ3v) is 2.29. The van der Waals surface area contributed by atoms with E-state index in [4.69, 9.17) is 0 Å². The molecular weight excluding hydrogens is 270 g/mol. The highest BCUT2D eigenvalue weighted by atomic mass is 19.1. The van der Waals surface area contributed by atoms with E-state index < -0.39 is 12.2 Å². The first-order chi connectivity index (χ1) is 9.72. The molecule has 0 bridgehead atoms. The molecule has 4 heterocycles. The molecule has 0 saturated heterocycles. The summed E-state index contributed by atoms with van der Waals surface area (Å²) in [5.41, 5.74) is 1.99. The summed E-state index contributed by atoms with van der Waals surface area (Å²) in [7, 11) is 0. The number of aromatic amines is 2. The number of aromatic nitrogens is 8. The van der Waals surface area contributed by atoms with E-state index in [1.807, 2.05) is 0 Å². The van der Waals surface area contributed by atoms with Crippen LogP contribution in [0.1, 0.15) is 0 Å². The van der Waals surface area contributed by atoms with Crippen LogP contribution in [0.5, 0.6) is 0 Å². The van der Waals surface area contributed by atoms with Crippen LogP contribution in [0.3, 0.4) is 0 Å². The maximum Gasteiger partial charge on any atom is 0.310 e. The van der Waals surface area contributed by atoms with Crippen molar-refractivity contribution in [2.45, 2.75) is 0 Å². The third-order valence-electron chi connectivity index (χ3n) is 2.29. The van der Waals surface area contributed by atoms with Gasteiger partial charge in [0.15, 0.2) is 11.3 Å². The molecule has 0 saturated carbocycles. The van der Waals surface area contributed by atoms with E-state index in [-0.39, 0.29) is 0 Å². The van der Waals surface area contributed by atoms with Crippen molar-refractivity contribution in [3.05, 3.63) is 37.2 Å². The van der Waals surface area contributed by atoms with E-state index in [1.54, 1.807) is 0 Å². The maximum atomic E-state index is 12.2. The first kappa shape index (κ1) is 12.0. The van der Waals surface area contributed by atoms with Crippen LogP contribution in [0.4, 0.5) is 8.78 Å². The summed E-state index contributed by atoms with van der Waals surface area (Å²) in [6.45, 7) is 0. The average Bonchev–Trinajstić information content (AvgIpc) is 3.06. The van der Waals surface area contributed by atoms with Crippen LogP contribution in [0.15, 0.2) is 25.0 Å². The lowest BCUT2D eigenvalue weighted by Gasteiger charge is -1.84. The number of fused-ring (bicyclic) bond motifs is 2. The zero-order valence-corrected chi connectivity index (χ0v) is 9.75. The topological polar surface area (TPSA) is 109 Å². The van der Waals surface area contributed by atoms with Gasteiger partial charge in [-0.15, -0.1) is 0 Å². The molecule has 0 amide bonds. The molecule has 0 fully saturated rings. The van der Waals surface area contributed by atoms with Gasteiger partial charge in [-0.05, 0) is 0 Å². The number of halogens is 2. The molecular formula is C10H6F2N8. The first-order valence-corrected chi connectivity index (χ1v) is 5.35. The second-order valence-corrected chi connectivity index (χ2v) is 3.56. The molecule has 0 radical (unpaired) electrons. The molecule has 0 aromatic carbocycles. The van der Waals surface area contributed by atoms with Gasteiger partial charge >= 0.3 is 12.2 Å². The van der Waals surface area contributed by atoms with Crippen LogP contribution < -0.4 is 0 Å². The van der Waals surface area contributed by atoms with Gasteiger partial charge in [0.05, 0.1) is 25.0 Å². The van der Waals surface area contributed by atoms with Crippen molar-refractivity contribution < 1.29 is 8.78 Å². The predicted molar refractivity (Wildman–Crippen MR) is 63.3 cm³/mol. The lowest BCUT2D eigenvalue weighted by atomic mass is 10.6. The molecule has 4 aromatic heterocycles. The van der Waals surface area contributed by atoms with Gasteiger partial charge in [-0.3, -0.25) is 0 Å². The van der Waals surface area contributed by atoms with E-state index >= 15 is 0 Å². The monoisotopic (exact) mass is 276 g/mol. The number of hydrogen-bond acceptors (Lipinski definition) is 6. The van der Waals surface area contributed by atoms with Crippen molar-refractivity contribution in [2.24, 2.45) is 0 Å². The van der Waals surface area contributed by atoms with Crippen molar-refractivity contribution >= 4 is 22.3 Å². The summed E-state index contributed by atoms with van der Waals surface area (Å²) in [5.74, 6) is 0. The maximum absolute atomic E-state index is 12.2. The molecule has 8 nitrogen and oxygen atoms in total. The lowest BCUT2D eigenvalue weighted by Crippen LogP contribution is -1.87.